The van der Waals surface area contributed by atoms with Gasteiger partial charge in [-0.15, -0.1) is 0 Å². The minimum Gasteiger partial charge on any atom is -0.369 e. The van der Waals surface area contributed by atoms with E-state index >= 15 is 0 Å². The van der Waals surface area contributed by atoms with Crippen LogP contribution >= 0.6 is 0 Å². The van der Waals surface area contributed by atoms with Crippen molar-refractivity contribution in [1.82, 2.24) is 30.8 Å². The van der Waals surface area contributed by atoms with Gasteiger partial charge in [0.25, 0.3) is 0 Å². The quantitative estimate of drug-likeness (QED) is 0.0549. The zero-order valence-corrected chi connectivity index (χ0v) is 29.6. The summed E-state index contributed by atoms with van der Waals surface area (Å²) in [7, 11) is 2.16. The number of para-hydroxylation sites is 1. The lowest BCUT2D eigenvalue weighted by molar-refractivity contribution is -0.124. The van der Waals surface area contributed by atoms with Crippen LogP contribution in [-0.4, -0.2) is 66.0 Å². The number of aromatic nitrogens is 2. The summed E-state index contributed by atoms with van der Waals surface area (Å²) in [5.41, 5.74) is 11.6. The van der Waals surface area contributed by atoms with Crippen molar-refractivity contribution < 1.29 is 9.59 Å². The van der Waals surface area contributed by atoms with Crippen LogP contribution in [0.15, 0.2) is 103 Å². The summed E-state index contributed by atoms with van der Waals surface area (Å²) in [5, 5.41) is 12.2. The van der Waals surface area contributed by atoms with Gasteiger partial charge in [-0.1, -0.05) is 84.9 Å². The third-order valence-electron chi connectivity index (χ3n) is 9.85. The van der Waals surface area contributed by atoms with E-state index in [1.807, 2.05) is 55.5 Å². The predicted octanol–water partition coefficient (Wildman–Crippen LogP) is 5.14. The highest BCUT2D eigenvalue weighted by molar-refractivity contribution is 6.10. The first-order valence-corrected chi connectivity index (χ1v) is 18.0. The van der Waals surface area contributed by atoms with Crippen molar-refractivity contribution in [2.45, 2.75) is 51.6 Å². The van der Waals surface area contributed by atoms with Gasteiger partial charge >= 0.3 is 0 Å². The van der Waals surface area contributed by atoms with Crippen molar-refractivity contribution in [2.75, 3.05) is 38.1 Å². The number of carbonyl (C=O) groups excluding carboxylic acids is 2. The lowest BCUT2D eigenvalue weighted by Crippen LogP contribution is -2.45. The molecule has 1 fully saturated rings. The standard InChI is InChI=1S/C41H50N8O2/c1-29(34-12-7-10-31-8-3-5-11-35(31)34)47-41(51)36(40(50)32-16-14-30(15-17-32)26-43-28-39-44-20-21-45-39)18-19-38(42)46-27-33-9-4-6-13-37(33)49-24-22-48(2)23-25-49/h3-17,20-21,29,36,38,43,46H,18-19,22-28,42H2,1-2H3,(H,44,45)(H,47,51)/t29-,36-,38?/m0/s1. The molecule has 0 radical (unpaired) electrons. The van der Waals surface area contributed by atoms with Crippen molar-refractivity contribution in [3.8, 4) is 0 Å². The number of likely N-dealkylation sites (N-methyl/N-ethyl adjacent to an activating group) is 1. The molecule has 10 nitrogen and oxygen atoms in total. The molecule has 1 amide bonds. The van der Waals surface area contributed by atoms with Crippen LogP contribution in [0.1, 0.15) is 58.7 Å². The van der Waals surface area contributed by atoms with Crippen molar-refractivity contribution in [1.29, 1.82) is 0 Å². The molecule has 0 bridgehead atoms. The van der Waals surface area contributed by atoms with E-state index in [9.17, 15) is 9.59 Å². The molecule has 2 heterocycles. The number of imidazole rings is 1. The molecule has 5 aromatic rings. The van der Waals surface area contributed by atoms with Crippen molar-refractivity contribution in [2.24, 2.45) is 11.7 Å². The van der Waals surface area contributed by atoms with Gasteiger partial charge in [0.2, 0.25) is 5.91 Å². The van der Waals surface area contributed by atoms with Crippen LogP contribution in [0.4, 0.5) is 5.69 Å². The number of H-pyrrole nitrogens is 1. The maximum atomic E-state index is 14.1. The van der Waals surface area contributed by atoms with Gasteiger partial charge in [-0.3, -0.25) is 14.9 Å². The van der Waals surface area contributed by atoms with Crippen LogP contribution in [0.5, 0.6) is 0 Å². The van der Waals surface area contributed by atoms with Crippen molar-refractivity contribution in [3.05, 3.63) is 131 Å². The molecule has 1 unspecified atom stereocenters. The highest BCUT2D eigenvalue weighted by Gasteiger charge is 2.29. The molecule has 6 N–H and O–H groups in total. The first-order chi connectivity index (χ1) is 24.9. The Hall–Kier alpha value is -4.87. The summed E-state index contributed by atoms with van der Waals surface area (Å²) in [6.07, 6.45) is 3.90. The Kier molecular flexibility index (Phi) is 12.2. The molecule has 51 heavy (non-hydrogen) atoms. The van der Waals surface area contributed by atoms with Gasteiger partial charge in [0.05, 0.1) is 18.8 Å². The topological polar surface area (TPSA) is 131 Å². The first-order valence-electron chi connectivity index (χ1n) is 18.0. The number of amides is 1. The molecule has 1 aromatic heterocycles. The Labute approximate surface area is 300 Å². The number of ketones is 1. The number of benzene rings is 4. The Morgan fingerprint density at radius 1 is 0.863 bits per heavy atom. The van der Waals surface area contributed by atoms with Crippen molar-refractivity contribution in [3.63, 3.8) is 0 Å². The van der Waals surface area contributed by atoms with Crippen LogP contribution in [-0.2, 0) is 24.4 Å². The van der Waals surface area contributed by atoms with Crippen LogP contribution in [0.2, 0.25) is 0 Å². The molecule has 6 rings (SSSR count). The Morgan fingerprint density at radius 2 is 1.61 bits per heavy atom. The summed E-state index contributed by atoms with van der Waals surface area (Å²) in [6.45, 7) is 7.84. The number of piperazine rings is 1. The smallest absolute Gasteiger partial charge is 0.231 e. The average molecular weight is 687 g/mol. The van der Waals surface area contributed by atoms with Gasteiger partial charge in [0.1, 0.15) is 11.7 Å². The number of Topliss-reactive ketones (excluding diaryl/α,β-unsaturated/α-hetero) is 1. The molecule has 0 saturated carbocycles. The van der Waals surface area contributed by atoms with E-state index in [2.05, 4.69) is 85.2 Å². The SMILES string of the molecule is C[C@H](NC(=O)[C@@H](CCC(N)NCc1ccccc1N1CCN(C)CC1)C(=O)c1ccc(CNCc2ncc[nH]2)cc1)c1cccc2ccccc12. The third kappa shape index (κ3) is 9.47. The lowest BCUT2D eigenvalue weighted by Gasteiger charge is -2.35. The molecule has 1 aliphatic heterocycles. The molecule has 0 spiro atoms. The molecular weight excluding hydrogens is 637 g/mol. The summed E-state index contributed by atoms with van der Waals surface area (Å²) in [5.74, 6) is -0.534. The second-order valence-electron chi connectivity index (χ2n) is 13.5. The van der Waals surface area contributed by atoms with Crippen LogP contribution in [0.3, 0.4) is 0 Å². The Balaban J connectivity index is 1.12. The molecule has 1 saturated heterocycles. The number of nitrogens with two attached hydrogens (primary N) is 1. The summed E-state index contributed by atoms with van der Waals surface area (Å²) >= 11 is 0. The molecule has 10 heteroatoms. The monoisotopic (exact) mass is 686 g/mol. The number of carbonyl (C=O) groups is 2. The number of fused-ring (bicyclic) bond motifs is 1. The van der Waals surface area contributed by atoms with Crippen LogP contribution in [0, 0.1) is 5.92 Å². The van der Waals surface area contributed by atoms with E-state index in [4.69, 9.17) is 5.73 Å². The lowest BCUT2D eigenvalue weighted by atomic mass is 9.90. The summed E-state index contributed by atoms with van der Waals surface area (Å²) < 4.78 is 0. The van der Waals surface area contributed by atoms with E-state index in [0.717, 1.165) is 53.9 Å². The number of anilines is 1. The number of hydrogen-bond donors (Lipinski definition) is 5. The molecule has 1 aliphatic rings. The van der Waals surface area contributed by atoms with E-state index in [1.54, 1.807) is 12.4 Å². The Bertz CT molecular complexity index is 1860. The van der Waals surface area contributed by atoms with Crippen LogP contribution in [0.25, 0.3) is 10.8 Å². The number of nitrogens with one attached hydrogen (secondary N) is 4. The number of nitrogens with zero attached hydrogens (tertiary/aromatic N) is 3. The fraction of sp³-hybridized carbons (Fsp3) is 0.341. The van der Waals surface area contributed by atoms with Gasteiger partial charge in [-0.25, -0.2) is 4.98 Å². The zero-order valence-electron chi connectivity index (χ0n) is 29.6. The fourth-order valence-electron chi connectivity index (χ4n) is 6.81. The van der Waals surface area contributed by atoms with Gasteiger partial charge < -0.3 is 31.2 Å². The van der Waals surface area contributed by atoms with E-state index < -0.39 is 12.1 Å². The number of rotatable bonds is 16. The number of hydrogen-bond acceptors (Lipinski definition) is 8. The van der Waals surface area contributed by atoms with E-state index in [-0.39, 0.29) is 17.7 Å². The zero-order chi connectivity index (χ0) is 35.6. The fourth-order valence-corrected chi connectivity index (χ4v) is 6.81. The largest absolute Gasteiger partial charge is 0.369 e. The van der Waals surface area contributed by atoms with Crippen LogP contribution < -0.4 is 26.6 Å². The van der Waals surface area contributed by atoms with Crippen molar-refractivity contribution >= 4 is 28.2 Å². The van der Waals surface area contributed by atoms with Gasteiger partial charge in [-0.2, -0.15) is 0 Å². The first kappa shape index (κ1) is 35.9. The molecule has 266 valence electrons. The molecule has 4 aromatic carbocycles. The Morgan fingerprint density at radius 3 is 2.39 bits per heavy atom. The maximum absolute atomic E-state index is 14.1. The molecule has 0 aliphatic carbocycles. The van der Waals surface area contributed by atoms with E-state index in [0.29, 0.717) is 38.0 Å². The van der Waals surface area contributed by atoms with Gasteiger partial charge in [-0.05, 0) is 60.3 Å². The van der Waals surface area contributed by atoms with Gasteiger partial charge in [0.15, 0.2) is 5.78 Å². The third-order valence-corrected chi connectivity index (χ3v) is 9.85. The molecule has 3 atom stereocenters. The number of aromatic amines is 1. The normalized spacial score (nSPS) is 15.4. The summed E-state index contributed by atoms with van der Waals surface area (Å²) in [6, 6.07) is 29.9. The average Bonchev–Trinajstić information content (AvgIpc) is 3.68. The van der Waals surface area contributed by atoms with Gasteiger partial charge in [0, 0.05) is 62.9 Å². The minimum atomic E-state index is -0.893. The molecular formula is C41H50N8O2. The second-order valence-corrected chi connectivity index (χ2v) is 13.5. The highest BCUT2D eigenvalue weighted by Crippen LogP contribution is 2.26. The van der Waals surface area contributed by atoms with E-state index in [1.165, 1.54) is 11.3 Å². The minimum absolute atomic E-state index is 0.208. The predicted molar refractivity (Wildman–Crippen MR) is 204 cm³/mol. The highest BCUT2D eigenvalue weighted by atomic mass is 16.2. The maximum Gasteiger partial charge on any atom is 0.231 e. The summed E-state index contributed by atoms with van der Waals surface area (Å²) in [4.78, 5) is 40.2. The second kappa shape index (κ2) is 17.4.